The van der Waals surface area contributed by atoms with E-state index in [1.165, 1.54) is 16.9 Å². The number of para-hydroxylation sites is 1. The van der Waals surface area contributed by atoms with E-state index in [1.54, 1.807) is 12.3 Å². The van der Waals surface area contributed by atoms with Gasteiger partial charge in [-0.2, -0.15) is 10.1 Å². The van der Waals surface area contributed by atoms with Crippen LogP contribution in [0.2, 0.25) is 0 Å². The summed E-state index contributed by atoms with van der Waals surface area (Å²) in [5.74, 6) is 0.218. The van der Waals surface area contributed by atoms with Crippen LogP contribution in [-0.2, 0) is 11.3 Å². The first-order valence-electron chi connectivity index (χ1n) is 8.54. The molecule has 0 spiro atoms. The van der Waals surface area contributed by atoms with Crippen LogP contribution in [0.4, 0.5) is 4.79 Å². The van der Waals surface area contributed by atoms with Crippen LogP contribution in [0.1, 0.15) is 12.5 Å². The van der Waals surface area contributed by atoms with Crippen molar-refractivity contribution in [3.8, 4) is 16.6 Å². The fourth-order valence-corrected chi connectivity index (χ4v) is 3.53. The van der Waals surface area contributed by atoms with Gasteiger partial charge >= 0.3 is 6.16 Å². The molecule has 6 nitrogen and oxygen atoms in total. The highest BCUT2D eigenvalue weighted by Gasteiger charge is 2.17. The molecule has 136 valence electrons. The molecule has 4 rings (SSSR count). The van der Waals surface area contributed by atoms with Gasteiger partial charge < -0.3 is 9.47 Å². The first-order chi connectivity index (χ1) is 13.2. The summed E-state index contributed by atoms with van der Waals surface area (Å²) in [6.07, 6.45) is -0.756. The molecule has 2 aromatic heterocycles. The Morgan fingerprint density at radius 3 is 2.70 bits per heavy atom. The van der Waals surface area contributed by atoms with E-state index in [9.17, 15) is 4.79 Å². The van der Waals surface area contributed by atoms with Crippen LogP contribution in [0.15, 0.2) is 60.0 Å². The summed E-state index contributed by atoms with van der Waals surface area (Å²) < 4.78 is 11.8. The minimum absolute atomic E-state index is 0.218. The summed E-state index contributed by atoms with van der Waals surface area (Å²) in [7, 11) is 0. The molecule has 0 aliphatic carbocycles. The molecule has 0 atom stereocenters. The number of carbonyl (C=O) groups is 1. The molecule has 27 heavy (non-hydrogen) atoms. The van der Waals surface area contributed by atoms with Gasteiger partial charge in [-0.25, -0.2) is 4.79 Å². The molecule has 0 unspecified atom stereocenters. The SMILES string of the molecule is CCOC(=O)Oc1csc(-c2nn(Cc3ccccc3)c3ccccc23)n1. The van der Waals surface area contributed by atoms with Gasteiger partial charge in [0.05, 0.1) is 24.0 Å². The van der Waals surface area contributed by atoms with Crippen LogP contribution in [0.3, 0.4) is 0 Å². The molecule has 2 aromatic carbocycles. The first kappa shape index (κ1) is 17.2. The van der Waals surface area contributed by atoms with E-state index in [0.717, 1.165) is 16.6 Å². The summed E-state index contributed by atoms with van der Waals surface area (Å²) in [5, 5.41) is 8.15. The number of hydrogen-bond donors (Lipinski definition) is 0. The molecule has 0 amide bonds. The van der Waals surface area contributed by atoms with Crippen molar-refractivity contribution in [2.24, 2.45) is 0 Å². The fraction of sp³-hybridized carbons (Fsp3) is 0.150. The summed E-state index contributed by atoms with van der Waals surface area (Å²) in [6.45, 7) is 2.64. The third-order valence-electron chi connectivity index (χ3n) is 3.97. The van der Waals surface area contributed by atoms with Crippen molar-refractivity contribution >= 4 is 28.4 Å². The molecular weight excluding hydrogens is 362 g/mol. The highest BCUT2D eigenvalue weighted by atomic mass is 32.1. The molecular formula is C20H17N3O3S. The van der Waals surface area contributed by atoms with Crippen molar-refractivity contribution in [1.29, 1.82) is 0 Å². The van der Waals surface area contributed by atoms with Crippen LogP contribution in [0, 0.1) is 0 Å². The van der Waals surface area contributed by atoms with E-state index in [1.807, 2.05) is 47.1 Å². The molecule has 0 bridgehead atoms. The monoisotopic (exact) mass is 379 g/mol. The lowest BCUT2D eigenvalue weighted by molar-refractivity contribution is 0.103. The van der Waals surface area contributed by atoms with Gasteiger partial charge in [-0.05, 0) is 18.6 Å². The second-order valence-corrected chi connectivity index (χ2v) is 6.64. The van der Waals surface area contributed by atoms with Crippen molar-refractivity contribution in [3.63, 3.8) is 0 Å². The van der Waals surface area contributed by atoms with Crippen molar-refractivity contribution in [3.05, 3.63) is 65.5 Å². The maximum Gasteiger partial charge on any atom is 0.515 e. The van der Waals surface area contributed by atoms with E-state index < -0.39 is 6.16 Å². The molecule has 0 saturated carbocycles. The Bertz CT molecular complexity index is 1070. The van der Waals surface area contributed by atoms with Gasteiger partial charge in [-0.3, -0.25) is 4.68 Å². The van der Waals surface area contributed by atoms with Gasteiger partial charge in [0, 0.05) is 5.39 Å². The molecule has 7 heteroatoms. The minimum Gasteiger partial charge on any atom is -0.434 e. The quantitative estimate of drug-likeness (QED) is 0.469. The first-order valence-corrected chi connectivity index (χ1v) is 9.42. The predicted molar refractivity (Wildman–Crippen MR) is 104 cm³/mol. The Kier molecular flexibility index (Phi) is 4.84. The molecule has 4 aromatic rings. The Labute approximate surface area is 160 Å². The number of ether oxygens (including phenoxy) is 2. The van der Waals surface area contributed by atoms with E-state index >= 15 is 0 Å². The normalized spacial score (nSPS) is 10.9. The van der Waals surface area contributed by atoms with Crippen LogP contribution in [-0.4, -0.2) is 27.5 Å². The fourth-order valence-electron chi connectivity index (χ4n) is 2.81. The molecule has 2 heterocycles. The lowest BCUT2D eigenvalue weighted by Crippen LogP contribution is -2.10. The average Bonchev–Trinajstić information content (AvgIpc) is 3.28. The number of benzene rings is 2. The van der Waals surface area contributed by atoms with Crippen molar-refractivity contribution in [2.75, 3.05) is 6.61 Å². The minimum atomic E-state index is -0.756. The standard InChI is InChI=1S/C20H17N3O3S/c1-2-25-20(24)26-17-13-27-19(21-17)18-15-10-6-7-11-16(15)23(22-18)12-14-8-4-3-5-9-14/h3-11,13H,2,12H2,1H3. The second-order valence-electron chi connectivity index (χ2n) is 5.78. The zero-order chi connectivity index (χ0) is 18.6. The van der Waals surface area contributed by atoms with E-state index in [4.69, 9.17) is 14.6 Å². The average molecular weight is 379 g/mol. The number of fused-ring (bicyclic) bond motifs is 1. The van der Waals surface area contributed by atoms with Crippen molar-refractivity contribution < 1.29 is 14.3 Å². The number of thiazole rings is 1. The Balaban J connectivity index is 1.68. The van der Waals surface area contributed by atoms with Gasteiger partial charge in [0.15, 0.2) is 0 Å². The van der Waals surface area contributed by atoms with Gasteiger partial charge in [0.2, 0.25) is 5.88 Å². The second kappa shape index (κ2) is 7.59. The third-order valence-corrected chi connectivity index (χ3v) is 4.80. The summed E-state index contributed by atoms with van der Waals surface area (Å²) in [6, 6.07) is 18.2. The summed E-state index contributed by atoms with van der Waals surface area (Å²) in [4.78, 5) is 15.9. The largest absolute Gasteiger partial charge is 0.515 e. The predicted octanol–water partition coefficient (Wildman–Crippen LogP) is 4.74. The van der Waals surface area contributed by atoms with Gasteiger partial charge in [0.25, 0.3) is 0 Å². The zero-order valence-corrected chi connectivity index (χ0v) is 15.5. The lowest BCUT2D eigenvalue weighted by Gasteiger charge is -2.03. The Morgan fingerprint density at radius 2 is 1.89 bits per heavy atom. The molecule has 0 aliphatic heterocycles. The Hall–Kier alpha value is -3.19. The third kappa shape index (κ3) is 3.68. The van der Waals surface area contributed by atoms with E-state index in [2.05, 4.69) is 17.1 Å². The van der Waals surface area contributed by atoms with Crippen LogP contribution in [0.25, 0.3) is 21.6 Å². The highest BCUT2D eigenvalue weighted by Crippen LogP contribution is 2.32. The highest BCUT2D eigenvalue weighted by molar-refractivity contribution is 7.13. The Morgan fingerprint density at radius 1 is 1.11 bits per heavy atom. The molecule has 0 N–H and O–H groups in total. The molecule has 0 aliphatic rings. The summed E-state index contributed by atoms with van der Waals surface area (Å²) in [5.41, 5.74) is 2.97. The van der Waals surface area contributed by atoms with Crippen LogP contribution < -0.4 is 4.74 Å². The topological polar surface area (TPSA) is 66.2 Å². The number of carbonyl (C=O) groups excluding carboxylic acids is 1. The number of nitrogens with zero attached hydrogens (tertiary/aromatic N) is 3. The number of aromatic nitrogens is 3. The smallest absolute Gasteiger partial charge is 0.434 e. The maximum absolute atomic E-state index is 11.5. The molecule has 0 fully saturated rings. The maximum atomic E-state index is 11.5. The molecule has 0 saturated heterocycles. The number of hydrogen-bond acceptors (Lipinski definition) is 6. The van der Waals surface area contributed by atoms with E-state index in [-0.39, 0.29) is 12.5 Å². The lowest BCUT2D eigenvalue weighted by atomic mass is 10.2. The number of rotatable bonds is 5. The van der Waals surface area contributed by atoms with Gasteiger partial charge in [-0.1, -0.05) is 48.5 Å². The van der Waals surface area contributed by atoms with Gasteiger partial charge in [-0.15, -0.1) is 11.3 Å². The van der Waals surface area contributed by atoms with E-state index in [0.29, 0.717) is 11.6 Å². The summed E-state index contributed by atoms with van der Waals surface area (Å²) >= 11 is 1.38. The van der Waals surface area contributed by atoms with Gasteiger partial charge in [0.1, 0.15) is 10.7 Å². The zero-order valence-electron chi connectivity index (χ0n) is 14.7. The van der Waals surface area contributed by atoms with Crippen molar-refractivity contribution in [1.82, 2.24) is 14.8 Å². The van der Waals surface area contributed by atoms with Crippen LogP contribution >= 0.6 is 11.3 Å². The van der Waals surface area contributed by atoms with Crippen LogP contribution in [0.5, 0.6) is 5.88 Å². The van der Waals surface area contributed by atoms with Crippen molar-refractivity contribution in [2.45, 2.75) is 13.5 Å². The molecule has 0 radical (unpaired) electrons.